The van der Waals surface area contributed by atoms with E-state index >= 15 is 0 Å². The fourth-order valence-electron chi connectivity index (χ4n) is 1.61. The van der Waals surface area contributed by atoms with E-state index in [1.807, 2.05) is 12.1 Å². The second-order valence-corrected chi connectivity index (χ2v) is 3.68. The molecule has 0 aliphatic heterocycles. The number of aliphatic carboxylic acids is 1. The van der Waals surface area contributed by atoms with Crippen molar-refractivity contribution in [1.82, 2.24) is 4.98 Å². The fourth-order valence-corrected chi connectivity index (χ4v) is 1.61. The lowest BCUT2D eigenvalue weighted by Gasteiger charge is -2.04. The molecular formula is C13H10FNO2. The van der Waals surface area contributed by atoms with Gasteiger partial charge in [0.25, 0.3) is 0 Å². The van der Waals surface area contributed by atoms with Crippen LogP contribution in [0.15, 0.2) is 42.5 Å². The number of carboxylic acid groups (broad SMARTS) is 1. The van der Waals surface area contributed by atoms with Crippen molar-refractivity contribution in [2.24, 2.45) is 0 Å². The highest BCUT2D eigenvalue weighted by atomic mass is 19.1. The van der Waals surface area contributed by atoms with Crippen LogP contribution in [0.25, 0.3) is 16.3 Å². The Morgan fingerprint density at radius 2 is 2.06 bits per heavy atom. The molecule has 0 saturated carbocycles. The summed E-state index contributed by atoms with van der Waals surface area (Å²) in [6.07, 6.45) is 3.33. The molecule has 0 atom stereocenters. The highest BCUT2D eigenvalue weighted by Gasteiger charge is 2.11. The van der Waals surface area contributed by atoms with E-state index in [9.17, 15) is 9.18 Å². The van der Waals surface area contributed by atoms with Crippen LogP contribution in [-0.2, 0) is 4.79 Å². The Labute approximate surface area is 97.2 Å². The molecule has 0 aliphatic carbocycles. The molecule has 1 heterocycles. The fraction of sp³-hybridized carbons (Fsp3) is 0.0769. The van der Waals surface area contributed by atoms with Gasteiger partial charge in [-0.25, -0.2) is 4.79 Å². The first kappa shape index (κ1) is 11.3. The SMILES string of the molecule is C/C(=C(\F)C(=O)O)c1ccc2ccncc2c1. The Morgan fingerprint density at radius 1 is 1.29 bits per heavy atom. The van der Waals surface area contributed by atoms with Gasteiger partial charge in [0.15, 0.2) is 0 Å². The molecule has 0 amide bonds. The van der Waals surface area contributed by atoms with Crippen molar-refractivity contribution in [2.45, 2.75) is 6.92 Å². The first-order chi connectivity index (χ1) is 8.09. The summed E-state index contributed by atoms with van der Waals surface area (Å²) >= 11 is 0. The second-order valence-electron chi connectivity index (χ2n) is 3.68. The number of nitrogens with zero attached hydrogens (tertiary/aromatic N) is 1. The number of carboxylic acids is 1. The quantitative estimate of drug-likeness (QED) is 0.808. The Balaban J connectivity index is 2.57. The van der Waals surface area contributed by atoms with E-state index in [0.29, 0.717) is 5.56 Å². The van der Waals surface area contributed by atoms with Gasteiger partial charge in [0.05, 0.1) is 0 Å². The standard InChI is InChI=1S/C13H10FNO2/c1-8(12(14)13(16)17)10-3-2-9-4-5-15-7-11(9)6-10/h2-7H,1H3,(H,16,17)/b12-8+. The summed E-state index contributed by atoms with van der Waals surface area (Å²) in [6, 6.07) is 7.07. The Hall–Kier alpha value is -2.23. The molecule has 0 fully saturated rings. The van der Waals surface area contributed by atoms with Gasteiger partial charge in [0.2, 0.25) is 5.83 Å². The zero-order chi connectivity index (χ0) is 12.4. The van der Waals surface area contributed by atoms with E-state index in [2.05, 4.69) is 4.98 Å². The summed E-state index contributed by atoms with van der Waals surface area (Å²) in [6.45, 7) is 1.45. The zero-order valence-corrected chi connectivity index (χ0v) is 9.14. The third-order valence-electron chi connectivity index (χ3n) is 2.59. The number of pyridine rings is 1. The number of halogens is 1. The van der Waals surface area contributed by atoms with Gasteiger partial charge in [0.1, 0.15) is 0 Å². The number of rotatable bonds is 2. The predicted molar refractivity (Wildman–Crippen MR) is 63.1 cm³/mol. The summed E-state index contributed by atoms with van der Waals surface area (Å²) in [7, 11) is 0. The van der Waals surface area contributed by atoms with E-state index in [4.69, 9.17) is 5.11 Å². The Bertz CT molecular complexity index is 620. The summed E-state index contributed by atoms with van der Waals surface area (Å²) < 4.78 is 13.3. The molecule has 1 aromatic carbocycles. The lowest BCUT2D eigenvalue weighted by molar-refractivity contribution is -0.134. The van der Waals surface area contributed by atoms with Crippen molar-refractivity contribution in [1.29, 1.82) is 0 Å². The maximum absolute atomic E-state index is 13.3. The highest BCUT2D eigenvalue weighted by molar-refractivity contribution is 5.95. The first-order valence-corrected chi connectivity index (χ1v) is 5.03. The van der Waals surface area contributed by atoms with E-state index in [1.165, 1.54) is 6.92 Å². The Kier molecular flexibility index (Phi) is 2.87. The molecule has 0 aliphatic rings. The monoisotopic (exact) mass is 231 g/mol. The average molecular weight is 231 g/mol. The summed E-state index contributed by atoms with van der Waals surface area (Å²) in [5.41, 5.74) is 0.661. The van der Waals surface area contributed by atoms with Crippen LogP contribution in [0.5, 0.6) is 0 Å². The van der Waals surface area contributed by atoms with Crippen LogP contribution in [0.1, 0.15) is 12.5 Å². The first-order valence-electron chi connectivity index (χ1n) is 5.03. The van der Waals surface area contributed by atoms with Gasteiger partial charge < -0.3 is 5.11 Å². The minimum Gasteiger partial charge on any atom is -0.476 e. The van der Waals surface area contributed by atoms with E-state index in [1.54, 1.807) is 24.5 Å². The maximum atomic E-state index is 13.3. The molecule has 2 aromatic rings. The van der Waals surface area contributed by atoms with Crippen LogP contribution < -0.4 is 0 Å². The van der Waals surface area contributed by atoms with E-state index in [-0.39, 0.29) is 5.57 Å². The molecule has 4 heteroatoms. The minimum absolute atomic E-state index is 0.114. The number of carbonyl (C=O) groups is 1. The molecule has 0 bridgehead atoms. The van der Waals surface area contributed by atoms with Crippen LogP contribution in [0.2, 0.25) is 0 Å². The van der Waals surface area contributed by atoms with Crippen LogP contribution in [-0.4, -0.2) is 16.1 Å². The smallest absolute Gasteiger partial charge is 0.365 e. The Morgan fingerprint density at radius 3 is 2.76 bits per heavy atom. The lowest BCUT2D eigenvalue weighted by atomic mass is 10.0. The topological polar surface area (TPSA) is 50.2 Å². The summed E-state index contributed by atoms with van der Waals surface area (Å²) in [5.74, 6) is -2.68. The van der Waals surface area contributed by atoms with Crippen LogP contribution in [0.4, 0.5) is 4.39 Å². The molecule has 3 nitrogen and oxygen atoms in total. The van der Waals surface area contributed by atoms with Gasteiger partial charge in [-0.2, -0.15) is 4.39 Å². The largest absolute Gasteiger partial charge is 0.476 e. The normalized spacial score (nSPS) is 12.4. The highest BCUT2D eigenvalue weighted by Crippen LogP contribution is 2.23. The number of benzene rings is 1. The molecule has 2 rings (SSSR count). The molecule has 86 valence electrons. The molecule has 1 N–H and O–H groups in total. The van der Waals surface area contributed by atoms with Crippen LogP contribution >= 0.6 is 0 Å². The number of hydrogen-bond donors (Lipinski definition) is 1. The van der Waals surface area contributed by atoms with Gasteiger partial charge >= 0.3 is 5.97 Å². The van der Waals surface area contributed by atoms with E-state index in [0.717, 1.165) is 10.8 Å². The van der Waals surface area contributed by atoms with Crippen molar-refractivity contribution in [3.63, 3.8) is 0 Å². The third-order valence-corrected chi connectivity index (χ3v) is 2.59. The van der Waals surface area contributed by atoms with Crippen LogP contribution in [0, 0.1) is 0 Å². The van der Waals surface area contributed by atoms with E-state index < -0.39 is 11.8 Å². The number of fused-ring (bicyclic) bond motifs is 1. The number of aromatic nitrogens is 1. The molecular weight excluding hydrogens is 221 g/mol. The lowest BCUT2D eigenvalue weighted by Crippen LogP contribution is -1.97. The van der Waals surface area contributed by atoms with Crippen molar-refractivity contribution in [3.8, 4) is 0 Å². The van der Waals surface area contributed by atoms with Crippen molar-refractivity contribution < 1.29 is 14.3 Å². The van der Waals surface area contributed by atoms with Gasteiger partial charge in [-0.15, -0.1) is 0 Å². The molecule has 0 saturated heterocycles. The number of hydrogen-bond acceptors (Lipinski definition) is 2. The van der Waals surface area contributed by atoms with Crippen molar-refractivity contribution in [2.75, 3.05) is 0 Å². The molecule has 0 radical (unpaired) electrons. The molecule has 1 aromatic heterocycles. The third kappa shape index (κ3) is 2.15. The van der Waals surface area contributed by atoms with Crippen molar-refractivity contribution in [3.05, 3.63) is 48.0 Å². The van der Waals surface area contributed by atoms with Gasteiger partial charge in [0, 0.05) is 17.8 Å². The predicted octanol–water partition coefficient (Wildman–Crippen LogP) is 3.02. The zero-order valence-electron chi connectivity index (χ0n) is 9.14. The van der Waals surface area contributed by atoms with Gasteiger partial charge in [-0.05, 0) is 35.6 Å². The summed E-state index contributed by atoms with van der Waals surface area (Å²) in [4.78, 5) is 14.5. The second kappa shape index (κ2) is 4.33. The van der Waals surface area contributed by atoms with Gasteiger partial charge in [-0.3, -0.25) is 4.98 Å². The van der Waals surface area contributed by atoms with Gasteiger partial charge in [-0.1, -0.05) is 12.1 Å². The minimum atomic E-state index is -1.55. The van der Waals surface area contributed by atoms with Crippen molar-refractivity contribution >= 4 is 22.3 Å². The molecule has 0 spiro atoms. The molecule has 0 unspecified atom stereocenters. The number of allylic oxidation sites excluding steroid dienone is 1. The molecule has 17 heavy (non-hydrogen) atoms. The van der Waals surface area contributed by atoms with Crippen LogP contribution in [0.3, 0.4) is 0 Å². The maximum Gasteiger partial charge on any atom is 0.365 e. The average Bonchev–Trinajstić information content (AvgIpc) is 2.36. The summed E-state index contributed by atoms with van der Waals surface area (Å²) in [5, 5.41) is 10.4.